The molecule has 3 aromatic carbocycles. The molecule has 51 heavy (non-hydrogen) atoms. The van der Waals surface area contributed by atoms with E-state index in [4.69, 9.17) is 14.9 Å². The smallest absolute Gasteiger partial charge is 0.368 e. The predicted octanol–water partition coefficient (Wildman–Crippen LogP) is 7.89. The van der Waals surface area contributed by atoms with Crippen molar-refractivity contribution in [2.24, 2.45) is 0 Å². The summed E-state index contributed by atoms with van der Waals surface area (Å²) in [6, 6.07) is 22.3. The number of anilines is 3. The summed E-state index contributed by atoms with van der Waals surface area (Å²) in [6.45, 7) is 12.2. The van der Waals surface area contributed by atoms with Crippen molar-refractivity contribution in [1.82, 2.24) is 15.0 Å². The van der Waals surface area contributed by atoms with Gasteiger partial charge in [-0.1, -0.05) is 59.3 Å². The largest absolute Gasteiger partial charge is 0.416 e. The average Bonchev–Trinajstić information content (AvgIpc) is 3.82. The Morgan fingerprint density at radius 2 is 1.61 bits per heavy atom. The number of hydrogen-bond donors (Lipinski definition) is 1. The summed E-state index contributed by atoms with van der Waals surface area (Å²) < 4.78 is 54.5. The Bertz CT molecular complexity index is 1750. The van der Waals surface area contributed by atoms with Crippen LogP contribution in [0.2, 0.25) is 0 Å². The van der Waals surface area contributed by atoms with E-state index in [2.05, 4.69) is 89.0 Å². The number of benzene rings is 3. The average molecular weight is 720 g/mol. The summed E-state index contributed by atoms with van der Waals surface area (Å²) in [7, 11) is 0.582. The summed E-state index contributed by atoms with van der Waals surface area (Å²) in [4.78, 5) is 7.94. The lowest BCUT2D eigenvalue weighted by atomic mass is 9.98. The van der Waals surface area contributed by atoms with E-state index in [9.17, 15) is 13.2 Å². The number of halogens is 3. The van der Waals surface area contributed by atoms with Crippen molar-refractivity contribution in [2.45, 2.75) is 63.4 Å². The molecule has 0 bridgehead atoms. The molecular formula is C38H45F3N7O2P. The zero-order chi connectivity index (χ0) is 36.0. The molecule has 0 amide bonds. The molecule has 4 unspecified atom stereocenters. The second kappa shape index (κ2) is 16.0. The monoisotopic (exact) mass is 719 g/mol. The molecule has 6 rings (SSSR count). The Kier molecular flexibility index (Phi) is 11.4. The fourth-order valence-electron chi connectivity index (χ4n) is 6.60. The summed E-state index contributed by atoms with van der Waals surface area (Å²) in [5.41, 5.74) is 5.04. The van der Waals surface area contributed by atoms with Crippen LogP contribution >= 0.6 is 8.58 Å². The quantitative estimate of drug-likeness (QED) is 0.0807. The highest BCUT2D eigenvalue weighted by molar-refractivity contribution is 7.44. The fraction of sp³-hybridized carbons (Fsp3) is 0.395. The number of aromatic nitrogens is 3. The number of ether oxygens (including phenoxy) is 2. The molecule has 13 heteroatoms. The Morgan fingerprint density at radius 3 is 2.20 bits per heavy atom. The number of piperazine rings is 1. The number of rotatable bonds is 14. The van der Waals surface area contributed by atoms with E-state index in [0.29, 0.717) is 27.1 Å². The normalized spacial score (nSPS) is 20.2. The molecule has 0 aliphatic carbocycles. The molecule has 1 aromatic heterocycles. The van der Waals surface area contributed by atoms with Crippen molar-refractivity contribution < 1.29 is 22.6 Å². The molecule has 1 N–H and O–H groups in total. The van der Waals surface area contributed by atoms with E-state index in [-0.39, 0.29) is 18.7 Å². The SMILES string of the molecule is C=C(PC(C)CC)N(C=N)c1ccc(N2CCN(c3ccc(CCC4COC(Cn5nccn5)(c5ccccc5C(F)(F)F)O4)cc3)CC2)cc1. The second-order valence-corrected chi connectivity index (χ2v) is 14.9. The predicted molar refractivity (Wildman–Crippen MR) is 198 cm³/mol. The van der Waals surface area contributed by atoms with Gasteiger partial charge in [-0.25, -0.2) is 0 Å². The molecule has 270 valence electrons. The van der Waals surface area contributed by atoms with Gasteiger partial charge in [-0.15, -0.1) is 0 Å². The molecule has 2 fully saturated rings. The summed E-state index contributed by atoms with van der Waals surface area (Å²) >= 11 is 0. The molecule has 0 spiro atoms. The van der Waals surface area contributed by atoms with Crippen molar-refractivity contribution in [3.05, 3.63) is 114 Å². The van der Waals surface area contributed by atoms with E-state index in [1.807, 2.05) is 4.90 Å². The highest BCUT2D eigenvalue weighted by Gasteiger charge is 2.49. The van der Waals surface area contributed by atoms with Gasteiger partial charge in [0.25, 0.3) is 0 Å². The third kappa shape index (κ3) is 8.63. The third-order valence-corrected chi connectivity index (χ3v) is 11.1. The van der Waals surface area contributed by atoms with E-state index in [1.165, 1.54) is 41.3 Å². The number of aryl methyl sites for hydroxylation is 1. The van der Waals surface area contributed by atoms with Crippen LogP contribution < -0.4 is 14.7 Å². The minimum absolute atomic E-state index is 0.0766. The van der Waals surface area contributed by atoms with Crippen molar-refractivity contribution in [1.29, 1.82) is 5.41 Å². The van der Waals surface area contributed by atoms with Crippen molar-refractivity contribution in [3.63, 3.8) is 0 Å². The lowest BCUT2D eigenvalue weighted by Crippen LogP contribution is -2.46. The Morgan fingerprint density at radius 1 is 1.00 bits per heavy atom. The van der Waals surface area contributed by atoms with Crippen LogP contribution in [0.4, 0.5) is 30.2 Å². The van der Waals surface area contributed by atoms with E-state index < -0.39 is 23.6 Å². The molecule has 2 aliphatic rings. The molecule has 4 aromatic rings. The van der Waals surface area contributed by atoms with Crippen molar-refractivity contribution >= 4 is 32.0 Å². The van der Waals surface area contributed by atoms with Crippen LogP contribution in [0.3, 0.4) is 0 Å². The van der Waals surface area contributed by atoms with Crippen LogP contribution in [0.15, 0.2) is 97.2 Å². The standard InChI is InChI=1S/C38H45F3N7O2P/c1-4-28(2)51-29(3)47(27-42)33-16-14-32(15-17-33)46-23-21-45(22-24-46)31-12-9-30(10-13-31)11-18-34-25-49-37(50-34,26-48-43-19-20-44-48)35-7-5-6-8-36(35)38(39,40)41/h5-10,12-17,19-20,27-28,34,42,51H,3-4,11,18,21-26H2,1-2H3. The van der Waals surface area contributed by atoms with E-state index in [0.717, 1.165) is 61.0 Å². The first-order chi connectivity index (χ1) is 24.6. The van der Waals surface area contributed by atoms with Gasteiger partial charge < -0.3 is 24.2 Å². The first-order valence-electron chi connectivity index (χ1n) is 17.4. The topological polar surface area (TPSA) is 82.7 Å². The molecule has 0 radical (unpaired) electrons. The number of hydrogen-bond acceptors (Lipinski definition) is 7. The van der Waals surface area contributed by atoms with Gasteiger partial charge >= 0.3 is 6.18 Å². The van der Waals surface area contributed by atoms with Crippen LogP contribution in [0.5, 0.6) is 0 Å². The van der Waals surface area contributed by atoms with Crippen LogP contribution in [0, 0.1) is 5.41 Å². The van der Waals surface area contributed by atoms with Crippen LogP contribution in [0.1, 0.15) is 43.4 Å². The minimum Gasteiger partial charge on any atom is -0.368 e. The van der Waals surface area contributed by atoms with Crippen molar-refractivity contribution in [2.75, 3.05) is 47.5 Å². The zero-order valence-corrected chi connectivity index (χ0v) is 30.0. The van der Waals surface area contributed by atoms with E-state index >= 15 is 0 Å². The van der Waals surface area contributed by atoms with Crippen molar-refractivity contribution in [3.8, 4) is 0 Å². The maximum atomic E-state index is 14.0. The molecule has 2 saturated heterocycles. The molecule has 4 atom stereocenters. The Labute approximate surface area is 299 Å². The maximum absolute atomic E-state index is 14.0. The molecule has 0 saturated carbocycles. The van der Waals surface area contributed by atoms with Gasteiger partial charge in [-0.3, -0.25) is 5.41 Å². The number of nitrogens with zero attached hydrogens (tertiary/aromatic N) is 6. The van der Waals surface area contributed by atoms with Gasteiger partial charge in [0.15, 0.2) is 0 Å². The van der Waals surface area contributed by atoms with Crippen LogP contribution in [-0.2, 0) is 34.4 Å². The molecular weight excluding hydrogens is 674 g/mol. The fourth-order valence-corrected chi connectivity index (χ4v) is 7.71. The summed E-state index contributed by atoms with van der Waals surface area (Å²) in [5.74, 6) is -1.66. The van der Waals surface area contributed by atoms with Gasteiger partial charge in [0.1, 0.15) is 6.54 Å². The highest BCUT2D eigenvalue weighted by Crippen LogP contribution is 2.43. The number of alkyl halides is 3. The molecule has 9 nitrogen and oxygen atoms in total. The van der Waals surface area contributed by atoms with Crippen LogP contribution in [0.25, 0.3) is 0 Å². The first-order valence-corrected chi connectivity index (χ1v) is 18.4. The minimum atomic E-state index is -4.57. The van der Waals surface area contributed by atoms with Crippen LogP contribution in [-0.4, -0.2) is 65.9 Å². The van der Waals surface area contributed by atoms with Gasteiger partial charge in [0.05, 0.1) is 37.0 Å². The van der Waals surface area contributed by atoms with Gasteiger partial charge in [-0.2, -0.15) is 28.2 Å². The van der Waals surface area contributed by atoms with E-state index in [1.54, 1.807) is 6.07 Å². The lowest BCUT2D eigenvalue weighted by molar-refractivity contribution is -0.198. The highest BCUT2D eigenvalue weighted by atomic mass is 31.1. The molecule has 2 aliphatic heterocycles. The number of nitrogens with one attached hydrogen (secondary N) is 1. The maximum Gasteiger partial charge on any atom is 0.416 e. The third-order valence-electron chi connectivity index (χ3n) is 9.59. The first kappa shape index (κ1) is 36.5. The van der Waals surface area contributed by atoms with Gasteiger partial charge in [-0.05, 0) is 72.9 Å². The van der Waals surface area contributed by atoms with Gasteiger partial charge in [0.2, 0.25) is 5.79 Å². The van der Waals surface area contributed by atoms with Gasteiger partial charge in [0, 0.05) is 54.2 Å². The lowest BCUT2D eigenvalue weighted by Gasteiger charge is -2.37. The summed E-state index contributed by atoms with van der Waals surface area (Å²) in [6.07, 6.45) is 1.69. The Hall–Kier alpha value is -4.25. The Balaban J connectivity index is 1.03. The summed E-state index contributed by atoms with van der Waals surface area (Å²) in [5, 5.41) is 16.1. The molecule has 3 heterocycles. The zero-order valence-electron chi connectivity index (χ0n) is 29.0. The second-order valence-electron chi connectivity index (χ2n) is 13.0.